The van der Waals surface area contributed by atoms with Gasteiger partial charge in [0.1, 0.15) is 5.75 Å². The Labute approximate surface area is 104 Å². The van der Waals surface area contributed by atoms with Crippen LogP contribution in [0.2, 0.25) is 5.02 Å². The van der Waals surface area contributed by atoms with Crippen molar-refractivity contribution in [1.29, 1.82) is 0 Å². The minimum atomic E-state index is 0.117. The summed E-state index contributed by atoms with van der Waals surface area (Å²) in [5, 5.41) is 9.74. The van der Waals surface area contributed by atoms with E-state index in [0.717, 1.165) is 11.1 Å². The van der Waals surface area contributed by atoms with Gasteiger partial charge in [-0.25, -0.2) is 0 Å². The second-order valence-corrected chi connectivity index (χ2v) is 4.68. The summed E-state index contributed by atoms with van der Waals surface area (Å²) in [6, 6.07) is 13.5. The monoisotopic (exact) mass is 250 g/mol. The molecule has 0 heterocycles. The van der Waals surface area contributed by atoms with Gasteiger partial charge in [0.15, 0.2) is 0 Å². The molecular weight excluding hydrogens is 240 g/mol. The van der Waals surface area contributed by atoms with Crippen LogP contribution in [0.4, 0.5) is 0 Å². The van der Waals surface area contributed by atoms with E-state index in [0.29, 0.717) is 5.02 Å². The van der Waals surface area contributed by atoms with Crippen LogP contribution in [0.1, 0.15) is 0 Å². The molecule has 1 N–H and O–H groups in total. The van der Waals surface area contributed by atoms with Gasteiger partial charge in [0, 0.05) is 4.90 Å². The molecule has 0 unspecified atom stereocenters. The molecule has 16 heavy (non-hydrogen) atoms. The number of phenolic OH excluding ortho intramolecular Hbond substituents is 1. The Balaban J connectivity index is 2.46. The molecule has 0 aliphatic rings. The van der Waals surface area contributed by atoms with Crippen LogP contribution in [0.5, 0.6) is 5.75 Å². The first-order valence-electron chi connectivity index (χ1n) is 4.83. The zero-order valence-corrected chi connectivity index (χ0v) is 10.3. The largest absolute Gasteiger partial charge is 0.506 e. The van der Waals surface area contributed by atoms with Gasteiger partial charge in [-0.3, -0.25) is 0 Å². The first-order chi connectivity index (χ1) is 7.70. The third-order valence-corrected chi connectivity index (χ3v) is 3.38. The number of aromatic hydroxyl groups is 1. The highest BCUT2D eigenvalue weighted by atomic mass is 35.5. The predicted molar refractivity (Wildman–Crippen MR) is 70.3 cm³/mol. The topological polar surface area (TPSA) is 20.2 Å². The van der Waals surface area contributed by atoms with Crippen LogP contribution in [-0.2, 0) is 0 Å². The first kappa shape index (κ1) is 11.4. The van der Waals surface area contributed by atoms with Crippen molar-refractivity contribution in [2.45, 2.75) is 4.90 Å². The lowest BCUT2D eigenvalue weighted by molar-refractivity contribution is 0.475. The molecule has 3 heteroatoms. The molecule has 0 aliphatic heterocycles. The number of hydrogen-bond acceptors (Lipinski definition) is 2. The molecule has 0 atom stereocenters. The average molecular weight is 251 g/mol. The van der Waals surface area contributed by atoms with E-state index in [9.17, 15) is 5.11 Å². The summed E-state index contributed by atoms with van der Waals surface area (Å²) in [4.78, 5) is 1.21. The molecule has 0 aliphatic carbocycles. The van der Waals surface area contributed by atoms with E-state index in [2.05, 4.69) is 12.1 Å². The highest BCUT2D eigenvalue weighted by molar-refractivity contribution is 7.98. The third-order valence-electron chi connectivity index (χ3n) is 2.35. The normalized spacial score (nSPS) is 10.4. The number of benzene rings is 2. The van der Waals surface area contributed by atoms with E-state index >= 15 is 0 Å². The van der Waals surface area contributed by atoms with Crippen molar-refractivity contribution in [3.05, 3.63) is 47.5 Å². The Hall–Kier alpha value is -1.12. The van der Waals surface area contributed by atoms with Crippen LogP contribution < -0.4 is 0 Å². The quantitative estimate of drug-likeness (QED) is 0.796. The maximum absolute atomic E-state index is 9.36. The highest BCUT2D eigenvalue weighted by Crippen LogP contribution is 2.30. The zero-order valence-electron chi connectivity index (χ0n) is 8.77. The fourth-order valence-corrected chi connectivity index (χ4v) is 2.13. The van der Waals surface area contributed by atoms with Crippen molar-refractivity contribution < 1.29 is 5.11 Å². The maximum atomic E-state index is 9.36. The summed E-state index contributed by atoms with van der Waals surface area (Å²) in [6.07, 6.45) is 2.04. The van der Waals surface area contributed by atoms with Crippen molar-refractivity contribution in [2.75, 3.05) is 6.26 Å². The van der Waals surface area contributed by atoms with Crippen molar-refractivity contribution in [2.24, 2.45) is 0 Å². The molecule has 2 aromatic rings. The van der Waals surface area contributed by atoms with E-state index in [1.165, 1.54) is 4.90 Å². The molecule has 0 radical (unpaired) electrons. The molecule has 2 aromatic carbocycles. The van der Waals surface area contributed by atoms with Crippen LogP contribution in [0.25, 0.3) is 11.1 Å². The smallest absolute Gasteiger partial charge is 0.134 e. The first-order valence-corrected chi connectivity index (χ1v) is 6.44. The number of rotatable bonds is 2. The van der Waals surface area contributed by atoms with Gasteiger partial charge >= 0.3 is 0 Å². The SMILES string of the molecule is CSc1cccc(-c2ccc(O)c(Cl)c2)c1. The summed E-state index contributed by atoms with van der Waals surface area (Å²) in [5.74, 6) is 0.117. The van der Waals surface area contributed by atoms with E-state index in [4.69, 9.17) is 11.6 Å². The van der Waals surface area contributed by atoms with Gasteiger partial charge < -0.3 is 5.11 Å². The fourth-order valence-electron chi connectivity index (χ4n) is 1.49. The second kappa shape index (κ2) is 4.81. The Kier molecular flexibility index (Phi) is 3.42. The molecule has 0 saturated heterocycles. The van der Waals surface area contributed by atoms with E-state index in [-0.39, 0.29) is 5.75 Å². The van der Waals surface area contributed by atoms with Gasteiger partial charge in [-0.2, -0.15) is 0 Å². The zero-order chi connectivity index (χ0) is 11.5. The Bertz CT molecular complexity index is 511. The van der Waals surface area contributed by atoms with Crippen molar-refractivity contribution in [1.82, 2.24) is 0 Å². The van der Waals surface area contributed by atoms with Crippen molar-refractivity contribution in [3.8, 4) is 16.9 Å². The Morgan fingerprint density at radius 1 is 1.06 bits per heavy atom. The standard InChI is InChI=1S/C13H11ClOS/c1-16-11-4-2-3-9(7-11)10-5-6-13(15)12(14)8-10/h2-8,15H,1H3. The predicted octanol–water partition coefficient (Wildman–Crippen LogP) is 4.43. The van der Waals surface area contributed by atoms with Crippen LogP contribution in [0.15, 0.2) is 47.4 Å². The minimum Gasteiger partial charge on any atom is -0.506 e. The number of thioether (sulfide) groups is 1. The number of hydrogen-bond donors (Lipinski definition) is 1. The second-order valence-electron chi connectivity index (χ2n) is 3.40. The van der Waals surface area contributed by atoms with E-state index < -0.39 is 0 Å². The molecule has 2 rings (SSSR count). The van der Waals surface area contributed by atoms with Gasteiger partial charge in [0.05, 0.1) is 5.02 Å². The molecule has 1 nitrogen and oxygen atoms in total. The van der Waals surface area contributed by atoms with Gasteiger partial charge in [-0.15, -0.1) is 11.8 Å². The van der Waals surface area contributed by atoms with Gasteiger partial charge in [0.2, 0.25) is 0 Å². The number of phenols is 1. The molecule has 0 bridgehead atoms. The molecular formula is C13H11ClOS. The molecule has 82 valence electrons. The van der Waals surface area contributed by atoms with E-state index in [1.54, 1.807) is 23.9 Å². The van der Waals surface area contributed by atoms with Crippen molar-refractivity contribution in [3.63, 3.8) is 0 Å². The van der Waals surface area contributed by atoms with Gasteiger partial charge in [-0.05, 0) is 41.6 Å². The molecule has 0 fully saturated rings. The Morgan fingerprint density at radius 3 is 2.50 bits per heavy atom. The fraction of sp³-hybridized carbons (Fsp3) is 0.0769. The van der Waals surface area contributed by atoms with Crippen LogP contribution in [0.3, 0.4) is 0 Å². The lowest BCUT2D eigenvalue weighted by atomic mass is 10.1. The maximum Gasteiger partial charge on any atom is 0.134 e. The lowest BCUT2D eigenvalue weighted by Gasteiger charge is -2.05. The lowest BCUT2D eigenvalue weighted by Crippen LogP contribution is -1.79. The minimum absolute atomic E-state index is 0.117. The van der Waals surface area contributed by atoms with Crippen LogP contribution >= 0.6 is 23.4 Å². The van der Waals surface area contributed by atoms with Crippen LogP contribution in [-0.4, -0.2) is 11.4 Å². The average Bonchev–Trinajstić information content (AvgIpc) is 2.33. The van der Waals surface area contributed by atoms with Crippen molar-refractivity contribution >= 4 is 23.4 Å². The molecule has 0 saturated carbocycles. The van der Waals surface area contributed by atoms with Gasteiger partial charge in [0.25, 0.3) is 0 Å². The molecule has 0 amide bonds. The third kappa shape index (κ3) is 2.34. The summed E-state index contributed by atoms with van der Waals surface area (Å²) in [5.41, 5.74) is 2.12. The van der Waals surface area contributed by atoms with Gasteiger partial charge in [-0.1, -0.05) is 29.8 Å². The summed E-state index contributed by atoms with van der Waals surface area (Å²) >= 11 is 7.58. The Morgan fingerprint density at radius 2 is 1.81 bits per heavy atom. The molecule has 0 aromatic heterocycles. The number of halogens is 1. The summed E-state index contributed by atoms with van der Waals surface area (Å²) in [6.45, 7) is 0. The van der Waals surface area contributed by atoms with E-state index in [1.807, 2.05) is 24.5 Å². The van der Waals surface area contributed by atoms with Crippen LogP contribution in [0, 0.1) is 0 Å². The summed E-state index contributed by atoms with van der Waals surface area (Å²) < 4.78 is 0. The summed E-state index contributed by atoms with van der Waals surface area (Å²) in [7, 11) is 0. The molecule has 0 spiro atoms. The highest BCUT2D eigenvalue weighted by Gasteiger charge is 2.02.